The van der Waals surface area contributed by atoms with E-state index in [9.17, 15) is 9.59 Å². The van der Waals surface area contributed by atoms with Crippen LogP contribution in [0.4, 0.5) is 0 Å². The SMILES string of the molecule is CC(C)[C@H](N)C(=O)NCC(=O)N1CCc2c(Br)cccc2C1. The first-order valence-corrected chi connectivity index (χ1v) is 8.26. The van der Waals surface area contributed by atoms with Gasteiger partial charge in [0.2, 0.25) is 11.8 Å². The highest BCUT2D eigenvalue weighted by Gasteiger charge is 2.23. The number of fused-ring (bicyclic) bond motifs is 1. The Bertz CT molecular complexity index is 575. The van der Waals surface area contributed by atoms with Gasteiger partial charge in [0.25, 0.3) is 0 Å². The Hall–Kier alpha value is -1.40. The highest BCUT2D eigenvalue weighted by Crippen LogP contribution is 2.26. The summed E-state index contributed by atoms with van der Waals surface area (Å²) in [5, 5.41) is 2.63. The standard InChI is InChI=1S/C16H22BrN3O2/c1-10(2)15(18)16(22)19-8-14(21)20-7-6-12-11(9-20)4-3-5-13(12)17/h3-5,10,15H,6-9,18H2,1-2H3,(H,19,22)/t15-/m0/s1. The predicted octanol–water partition coefficient (Wildman–Crippen LogP) is 1.43. The van der Waals surface area contributed by atoms with Crippen LogP contribution < -0.4 is 11.1 Å². The third-order valence-corrected chi connectivity index (χ3v) is 4.74. The topological polar surface area (TPSA) is 75.4 Å². The Morgan fingerprint density at radius 1 is 1.41 bits per heavy atom. The van der Waals surface area contributed by atoms with Crippen molar-refractivity contribution in [2.45, 2.75) is 32.9 Å². The number of amides is 2. The van der Waals surface area contributed by atoms with Gasteiger partial charge in [-0.05, 0) is 29.5 Å². The van der Waals surface area contributed by atoms with Crippen LogP contribution in [0.25, 0.3) is 0 Å². The summed E-state index contributed by atoms with van der Waals surface area (Å²) in [5.74, 6) is -0.298. The molecule has 2 amide bonds. The molecule has 0 unspecified atom stereocenters. The molecule has 1 atom stereocenters. The van der Waals surface area contributed by atoms with Crippen molar-refractivity contribution in [2.24, 2.45) is 11.7 Å². The number of halogens is 1. The maximum atomic E-state index is 12.2. The van der Waals surface area contributed by atoms with Gasteiger partial charge in [-0.25, -0.2) is 0 Å². The lowest BCUT2D eigenvalue weighted by Crippen LogP contribution is -2.48. The second-order valence-electron chi connectivity index (χ2n) is 5.93. The van der Waals surface area contributed by atoms with Crippen molar-refractivity contribution in [3.05, 3.63) is 33.8 Å². The summed E-state index contributed by atoms with van der Waals surface area (Å²) in [7, 11) is 0. The van der Waals surface area contributed by atoms with Crippen LogP contribution in [0.2, 0.25) is 0 Å². The van der Waals surface area contributed by atoms with Crippen LogP contribution in [0.15, 0.2) is 22.7 Å². The maximum absolute atomic E-state index is 12.2. The van der Waals surface area contributed by atoms with Gasteiger partial charge >= 0.3 is 0 Å². The van der Waals surface area contributed by atoms with Crippen molar-refractivity contribution in [3.8, 4) is 0 Å². The Kier molecular flexibility index (Phi) is 5.58. The zero-order valence-corrected chi connectivity index (χ0v) is 14.5. The Balaban J connectivity index is 1.91. The van der Waals surface area contributed by atoms with Crippen LogP contribution in [0.5, 0.6) is 0 Å². The van der Waals surface area contributed by atoms with Crippen molar-refractivity contribution >= 4 is 27.7 Å². The van der Waals surface area contributed by atoms with Crippen LogP contribution in [-0.4, -0.2) is 35.8 Å². The van der Waals surface area contributed by atoms with E-state index in [1.54, 1.807) is 4.90 Å². The van der Waals surface area contributed by atoms with E-state index in [0.29, 0.717) is 13.1 Å². The second-order valence-corrected chi connectivity index (χ2v) is 6.78. The first-order chi connectivity index (χ1) is 10.4. The van der Waals surface area contributed by atoms with E-state index in [1.165, 1.54) is 5.56 Å². The van der Waals surface area contributed by atoms with Gasteiger partial charge in [0.1, 0.15) is 0 Å². The van der Waals surface area contributed by atoms with E-state index in [2.05, 4.69) is 21.2 Å². The van der Waals surface area contributed by atoms with Gasteiger partial charge in [-0.15, -0.1) is 0 Å². The minimum absolute atomic E-state index is 0.00257. The Labute approximate surface area is 139 Å². The van der Waals surface area contributed by atoms with E-state index in [4.69, 9.17) is 5.73 Å². The number of hydrogen-bond donors (Lipinski definition) is 2. The first-order valence-electron chi connectivity index (χ1n) is 7.47. The maximum Gasteiger partial charge on any atom is 0.242 e. The average Bonchev–Trinajstić information content (AvgIpc) is 2.51. The van der Waals surface area contributed by atoms with E-state index in [-0.39, 0.29) is 24.3 Å². The summed E-state index contributed by atoms with van der Waals surface area (Å²) >= 11 is 3.54. The molecule has 0 saturated carbocycles. The second kappa shape index (κ2) is 7.24. The summed E-state index contributed by atoms with van der Waals surface area (Å²) in [6.45, 7) is 5.01. The number of rotatable bonds is 4. The van der Waals surface area contributed by atoms with Gasteiger partial charge in [0.05, 0.1) is 12.6 Å². The lowest BCUT2D eigenvalue weighted by atomic mass is 10.00. The Morgan fingerprint density at radius 2 is 2.14 bits per heavy atom. The molecule has 6 heteroatoms. The lowest BCUT2D eigenvalue weighted by Gasteiger charge is -2.29. The van der Waals surface area contributed by atoms with E-state index >= 15 is 0 Å². The molecule has 0 radical (unpaired) electrons. The fourth-order valence-corrected chi connectivity index (χ4v) is 3.08. The van der Waals surface area contributed by atoms with Crippen LogP contribution in [0, 0.1) is 5.92 Å². The molecule has 0 aliphatic carbocycles. The molecule has 0 spiro atoms. The van der Waals surface area contributed by atoms with Gasteiger partial charge in [-0.2, -0.15) is 0 Å². The van der Waals surface area contributed by atoms with Gasteiger partial charge in [0, 0.05) is 17.6 Å². The number of carbonyl (C=O) groups is 2. The van der Waals surface area contributed by atoms with Crippen LogP contribution >= 0.6 is 15.9 Å². The molecule has 0 saturated heterocycles. The molecular weight excluding hydrogens is 346 g/mol. The fourth-order valence-electron chi connectivity index (χ4n) is 2.47. The van der Waals surface area contributed by atoms with Gasteiger partial charge in [0.15, 0.2) is 0 Å². The molecule has 0 aromatic heterocycles. The summed E-state index contributed by atoms with van der Waals surface area (Å²) in [6, 6.07) is 5.45. The number of carbonyl (C=O) groups excluding carboxylic acids is 2. The highest BCUT2D eigenvalue weighted by atomic mass is 79.9. The van der Waals surface area contributed by atoms with Gasteiger partial charge in [-0.3, -0.25) is 9.59 Å². The van der Waals surface area contributed by atoms with Crippen LogP contribution in [0.1, 0.15) is 25.0 Å². The molecule has 1 aliphatic heterocycles. The molecule has 3 N–H and O–H groups in total. The molecule has 1 aromatic carbocycles. The average molecular weight is 368 g/mol. The zero-order valence-electron chi connectivity index (χ0n) is 12.9. The first kappa shape index (κ1) is 17.0. The summed E-state index contributed by atoms with van der Waals surface area (Å²) < 4.78 is 1.09. The van der Waals surface area contributed by atoms with E-state index in [0.717, 1.165) is 16.5 Å². The minimum atomic E-state index is -0.578. The molecule has 22 heavy (non-hydrogen) atoms. The van der Waals surface area contributed by atoms with E-state index in [1.807, 2.05) is 32.0 Å². The number of nitrogens with zero attached hydrogens (tertiary/aromatic N) is 1. The molecule has 2 rings (SSSR count). The van der Waals surface area contributed by atoms with Crippen molar-refractivity contribution in [2.75, 3.05) is 13.1 Å². The van der Waals surface area contributed by atoms with Gasteiger partial charge < -0.3 is 16.0 Å². The molecule has 1 heterocycles. The summed E-state index contributed by atoms with van der Waals surface area (Å²) in [5.41, 5.74) is 8.18. The molecule has 0 bridgehead atoms. The fraction of sp³-hybridized carbons (Fsp3) is 0.500. The van der Waals surface area contributed by atoms with Crippen molar-refractivity contribution in [1.82, 2.24) is 10.2 Å². The largest absolute Gasteiger partial charge is 0.346 e. The van der Waals surface area contributed by atoms with Crippen LogP contribution in [0.3, 0.4) is 0 Å². The number of benzene rings is 1. The van der Waals surface area contributed by atoms with Crippen molar-refractivity contribution in [1.29, 1.82) is 0 Å². The number of nitrogens with two attached hydrogens (primary N) is 1. The molecular formula is C16H22BrN3O2. The Morgan fingerprint density at radius 3 is 2.82 bits per heavy atom. The quantitative estimate of drug-likeness (QED) is 0.845. The minimum Gasteiger partial charge on any atom is -0.346 e. The van der Waals surface area contributed by atoms with Gasteiger partial charge in [-0.1, -0.05) is 41.9 Å². The van der Waals surface area contributed by atoms with Crippen molar-refractivity contribution < 1.29 is 9.59 Å². The van der Waals surface area contributed by atoms with Crippen molar-refractivity contribution in [3.63, 3.8) is 0 Å². The third-order valence-electron chi connectivity index (χ3n) is 4.00. The summed E-state index contributed by atoms with van der Waals surface area (Å²) in [4.78, 5) is 25.8. The summed E-state index contributed by atoms with van der Waals surface area (Å²) in [6.07, 6.45) is 0.821. The van der Waals surface area contributed by atoms with Crippen LogP contribution in [-0.2, 0) is 22.6 Å². The molecule has 1 aliphatic rings. The number of hydrogen-bond acceptors (Lipinski definition) is 3. The normalized spacial score (nSPS) is 15.4. The smallest absolute Gasteiger partial charge is 0.242 e. The molecule has 5 nitrogen and oxygen atoms in total. The highest BCUT2D eigenvalue weighted by molar-refractivity contribution is 9.10. The number of nitrogens with one attached hydrogen (secondary N) is 1. The monoisotopic (exact) mass is 367 g/mol. The molecule has 1 aromatic rings. The lowest BCUT2D eigenvalue weighted by molar-refractivity contribution is -0.134. The van der Waals surface area contributed by atoms with E-state index < -0.39 is 6.04 Å². The third kappa shape index (κ3) is 3.87. The zero-order chi connectivity index (χ0) is 16.3. The molecule has 120 valence electrons. The predicted molar refractivity (Wildman–Crippen MR) is 89.1 cm³/mol. The molecule has 0 fully saturated rings.